The molecule has 2 saturated carbocycles. The molecule has 4 rings (SSSR count). The highest BCUT2D eigenvalue weighted by Crippen LogP contribution is 2.42. The van der Waals surface area contributed by atoms with E-state index in [0.717, 1.165) is 50.4 Å². The minimum absolute atomic E-state index is 0.625. The Bertz CT molecular complexity index is 571. The van der Waals surface area contributed by atoms with Gasteiger partial charge in [-0.1, -0.05) is 37.5 Å². The van der Waals surface area contributed by atoms with E-state index in [-0.39, 0.29) is 0 Å². The number of carboxylic acids is 1. The molecule has 3 nitrogen and oxygen atoms in total. The topological polar surface area (TPSA) is 40.5 Å². The summed E-state index contributed by atoms with van der Waals surface area (Å²) in [6.07, 6.45) is 7.52. The summed E-state index contributed by atoms with van der Waals surface area (Å²) in [7, 11) is 0. The van der Waals surface area contributed by atoms with Crippen molar-refractivity contribution < 1.29 is 9.90 Å². The van der Waals surface area contributed by atoms with Crippen molar-refractivity contribution in [3.63, 3.8) is 0 Å². The lowest BCUT2D eigenvalue weighted by Crippen LogP contribution is -2.37. The van der Waals surface area contributed by atoms with Crippen molar-refractivity contribution in [2.24, 2.45) is 0 Å². The van der Waals surface area contributed by atoms with E-state index in [0.29, 0.717) is 0 Å². The van der Waals surface area contributed by atoms with Crippen LogP contribution in [-0.4, -0.2) is 22.0 Å². The van der Waals surface area contributed by atoms with E-state index >= 15 is 0 Å². The van der Waals surface area contributed by atoms with Gasteiger partial charge in [0, 0.05) is 19.1 Å². The number of nitrogens with zero attached hydrogens (tertiary/aromatic N) is 1. The third kappa shape index (κ3) is 2.18. The maximum absolute atomic E-state index is 11.9. The van der Waals surface area contributed by atoms with Crippen LogP contribution in [0, 0.1) is 0 Å². The summed E-state index contributed by atoms with van der Waals surface area (Å²) < 4.78 is 0. The fourth-order valence-corrected chi connectivity index (χ4v) is 4.20. The molecule has 3 aliphatic rings. The van der Waals surface area contributed by atoms with Gasteiger partial charge in [0.05, 0.1) is 5.41 Å². The summed E-state index contributed by atoms with van der Waals surface area (Å²) in [5.41, 5.74) is 3.19. The third-order valence-electron chi connectivity index (χ3n) is 5.69. The van der Waals surface area contributed by atoms with Crippen LogP contribution < -0.4 is 0 Å². The Morgan fingerprint density at radius 1 is 1.10 bits per heavy atom. The molecule has 0 radical (unpaired) electrons. The molecule has 21 heavy (non-hydrogen) atoms. The van der Waals surface area contributed by atoms with Crippen molar-refractivity contribution >= 4 is 5.97 Å². The zero-order chi connectivity index (χ0) is 14.4. The molecular formula is C18H23NO2. The number of hydrogen-bond acceptors (Lipinski definition) is 2. The Morgan fingerprint density at radius 3 is 2.48 bits per heavy atom. The molecule has 2 aliphatic carbocycles. The fraction of sp³-hybridized carbons (Fsp3) is 0.611. The molecule has 0 aromatic heterocycles. The standard InChI is InChI=1S/C18H23NO2/c20-17(21)18(8-2-1-3-9-18)15-5-4-13-11-19(16-6-7-16)12-14(13)10-15/h4-5,10,16H,1-3,6-9,11-12H2,(H,20,21). The molecule has 0 unspecified atom stereocenters. The van der Waals surface area contributed by atoms with Crippen molar-refractivity contribution in [1.82, 2.24) is 4.90 Å². The number of benzene rings is 1. The molecule has 3 heteroatoms. The molecule has 1 heterocycles. The van der Waals surface area contributed by atoms with Crippen LogP contribution in [0.1, 0.15) is 61.6 Å². The lowest BCUT2D eigenvalue weighted by molar-refractivity contribution is -0.145. The van der Waals surface area contributed by atoms with Gasteiger partial charge in [0.15, 0.2) is 0 Å². The van der Waals surface area contributed by atoms with Crippen LogP contribution in [0.15, 0.2) is 18.2 Å². The molecule has 0 amide bonds. The molecule has 112 valence electrons. The summed E-state index contributed by atoms with van der Waals surface area (Å²) in [5.74, 6) is -0.626. The van der Waals surface area contributed by atoms with Gasteiger partial charge in [-0.05, 0) is 42.4 Å². The molecule has 2 fully saturated rings. The highest BCUT2D eigenvalue weighted by molar-refractivity contribution is 5.81. The van der Waals surface area contributed by atoms with E-state index in [2.05, 4.69) is 23.1 Å². The SMILES string of the molecule is O=C(O)C1(c2ccc3c(c2)CN(C2CC2)C3)CCCCC1. The van der Waals surface area contributed by atoms with Crippen molar-refractivity contribution in [3.05, 3.63) is 34.9 Å². The van der Waals surface area contributed by atoms with Crippen LogP contribution in [0.2, 0.25) is 0 Å². The van der Waals surface area contributed by atoms with Gasteiger partial charge >= 0.3 is 5.97 Å². The molecule has 1 aromatic carbocycles. The van der Waals surface area contributed by atoms with Gasteiger partial charge in [-0.2, -0.15) is 0 Å². The quantitative estimate of drug-likeness (QED) is 0.924. The van der Waals surface area contributed by atoms with Crippen LogP contribution in [0.5, 0.6) is 0 Å². The lowest BCUT2D eigenvalue weighted by atomic mass is 9.69. The van der Waals surface area contributed by atoms with Gasteiger partial charge in [0.25, 0.3) is 0 Å². The molecule has 0 saturated heterocycles. The average molecular weight is 285 g/mol. The number of hydrogen-bond donors (Lipinski definition) is 1. The first kappa shape index (κ1) is 13.3. The Morgan fingerprint density at radius 2 is 1.81 bits per heavy atom. The second-order valence-corrected chi connectivity index (χ2v) is 7.07. The number of carbonyl (C=O) groups is 1. The second kappa shape index (κ2) is 4.84. The van der Waals surface area contributed by atoms with Crippen molar-refractivity contribution in [1.29, 1.82) is 0 Å². The minimum Gasteiger partial charge on any atom is -0.481 e. The van der Waals surface area contributed by atoms with Crippen LogP contribution >= 0.6 is 0 Å². The molecular weight excluding hydrogens is 262 g/mol. The highest BCUT2D eigenvalue weighted by atomic mass is 16.4. The van der Waals surface area contributed by atoms with Crippen LogP contribution in [0.4, 0.5) is 0 Å². The summed E-state index contributed by atoms with van der Waals surface area (Å²) in [4.78, 5) is 14.5. The van der Waals surface area contributed by atoms with Gasteiger partial charge in [-0.3, -0.25) is 9.69 Å². The molecule has 0 atom stereocenters. The molecule has 0 bridgehead atoms. The fourth-order valence-electron chi connectivity index (χ4n) is 4.20. The number of rotatable bonds is 3. The second-order valence-electron chi connectivity index (χ2n) is 7.07. The lowest BCUT2D eigenvalue weighted by Gasteiger charge is -2.34. The van der Waals surface area contributed by atoms with Crippen LogP contribution in [0.25, 0.3) is 0 Å². The van der Waals surface area contributed by atoms with Crippen LogP contribution in [-0.2, 0) is 23.3 Å². The van der Waals surface area contributed by atoms with Gasteiger partial charge in [-0.15, -0.1) is 0 Å². The van der Waals surface area contributed by atoms with Gasteiger partial charge in [0.1, 0.15) is 0 Å². The summed E-state index contributed by atoms with van der Waals surface area (Å²) in [6, 6.07) is 7.27. The summed E-state index contributed by atoms with van der Waals surface area (Å²) >= 11 is 0. The summed E-state index contributed by atoms with van der Waals surface area (Å²) in [5, 5.41) is 9.83. The molecule has 1 aromatic rings. The van der Waals surface area contributed by atoms with E-state index in [1.165, 1.54) is 30.4 Å². The Kier molecular flexibility index (Phi) is 3.07. The molecule has 1 N–H and O–H groups in total. The summed E-state index contributed by atoms with van der Waals surface area (Å²) in [6.45, 7) is 2.07. The maximum Gasteiger partial charge on any atom is 0.314 e. The first-order valence-corrected chi connectivity index (χ1v) is 8.29. The normalized spacial score (nSPS) is 24.8. The monoisotopic (exact) mass is 285 g/mol. The third-order valence-corrected chi connectivity index (χ3v) is 5.69. The number of aliphatic carboxylic acids is 1. The maximum atomic E-state index is 11.9. The van der Waals surface area contributed by atoms with Gasteiger partial charge in [-0.25, -0.2) is 0 Å². The zero-order valence-corrected chi connectivity index (χ0v) is 12.5. The predicted octanol–water partition coefficient (Wildman–Crippen LogP) is 3.45. The predicted molar refractivity (Wildman–Crippen MR) is 81.1 cm³/mol. The first-order chi connectivity index (χ1) is 10.2. The number of fused-ring (bicyclic) bond motifs is 1. The average Bonchev–Trinajstić information content (AvgIpc) is 3.26. The van der Waals surface area contributed by atoms with E-state index in [4.69, 9.17) is 0 Å². The van der Waals surface area contributed by atoms with Gasteiger partial charge < -0.3 is 5.11 Å². The molecule has 0 spiro atoms. The van der Waals surface area contributed by atoms with Crippen molar-refractivity contribution in [2.45, 2.75) is 69.5 Å². The first-order valence-electron chi connectivity index (χ1n) is 8.29. The van der Waals surface area contributed by atoms with E-state index < -0.39 is 11.4 Å². The molecule has 1 aliphatic heterocycles. The Hall–Kier alpha value is -1.35. The Balaban J connectivity index is 1.66. The van der Waals surface area contributed by atoms with Gasteiger partial charge in [0.2, 0.25) is 0 Å². The van der Waals surface area contributed by atoms with E-state index in [9.17, 15) is 9.90 Å². The smallest absolute Gasteiger partial charge is 0.314 e. The van der Waals surface area contributed by atoms with Crippen molar-refractivity contribution in [2.75, 3.05) is 0 Å². The minimum atomic E-state index is -0.626. The Labute approximate surface area is 126 Å². The number of carboxylic acid groups (broad SMARTS) is 1. The van der Waals surface area contributed by atoms with E-state index in [1.54, 1.807) is 0 Å². The largest absolute Gasteiger partial charge is 0.481 e. The zero-order valence-electron chi connectivity index (χ0n) is 12.5. The van der Waals surface area contributed by atoms with Crippen molar-refractivity contribution in [3.8, 4) is 0 Å². The van der Waals surface area contributed by atoms with Crippen LogP contribution in [0.3, 0.4) is 0 Å². The van der Waals surface area contributed by atoms with E-state index in [1.807, 2.05) is 0 Å². The highest BCUT2D eigenvalue weighted by Gasteiger charge is 2.42.